The number of pyridine rings is 1. The molecule has 0 saturated heterocycles. The summed E-state index contributed by atoms with van der Waals surface area (Å²) in [5, 5.41) is 17.8. The molecule has 0 radical (unpaired) electrons. The summed E-state index contributed by atoms with van der Waals surface area (Å²) in [5.74, 6) is 1.43. The third-order valence-electron chi connectivity index (χ3n) is 4.26. The molecule has 0 N–H and O–H groups in total. The average Bonchev–Trinajstić information content (AvgIpc) is 3.35. The molecule has 4 rings (SSSR count). The van der Waals surface area contributed by atoms with Crippen LogP contribution in [0.4, 0.5) is 11.4 Å². The van der Waals surface area contributed by atoms with Crippen molar-refractivity contribution in [2.75, 3.05) is 0 Å². The first-order valence-corrected chi connectivity index (χ1v) is 9.92. The highest BCUT2D eigenvalue weighted by Gasteiger charge is 2.13. The number of hydrogen-bond donors (Lipinski definition) is 0. The molecule has 150 valence electrons. The fourth-order valence-corrected chi connectivity index (χ4v) is 3.66. The van der Waals surface area contributed by atoms with Crippen LogP contribution in [0.1, 0.15) is 18.4 Å². The quantitative estimate of drug-likeness (QED) is 0.260. The Morgan fingerprint density at radius 3 is 2.80 bits per heavy atom. The van der Waals surface area contributed by atoms with Gasteiger partial charge in [-0.1, -0.05) is 12.1 Å². The molecule has 3 heterocycles. The van der Waals surface area contributed by atoms with E-state index in [-0.39, 0.29) is 5.69 Å². The molecular formula is C21H17N5O3S. The minimum atomic E-state index is -0.415. The third-order valence-corrected chi connectivity index (χ3v) is 5.07. The van der Waals surface area contributed by atoms with E-state index in [0.717, 1.165) is 5.76 Å². The molecule has 0 amide bonds. The Labute approximate surface area is 175 Å². The zero-order valence-electron chi connectivity index (χ0n) is 16.2. The van der Waals surface area contributed by atoms with Crippen LogP contribution in [0.3, 0.4) is 0 Å². The van der Waals surface area contributed by atoms with Crippen LogP contribution in [0.15, 0.2) is 80.8 Å². The first-order valence-electron chi connectivity index (χ1n) is 9.04. The molecule has 30 heavy (non-hydrogen) atoms. The van der Waals surface area contributed by atoms with Gasteiger partial charge in [0.25, 0.3) is 5.69 Å². The third kappa shape index (κ3) is 4.11. The monoisotopic (exact) mass is 419 g/mol. The van der Waals surface area contributed by atoms with Gasteiger partial charge in [0.05, 0.1) is 22.5 Å². The Kier molecular flexibility index (Phi) is 5.36. The summed E-state index contributed by atoms with van der Waals surface area (Å²) in [6, 6.07) is 13.8. The second-order valence-corrected chi connectivity index (χ2v) is 7.28. The van der Waals surface area contributed by atoms with Crippen LogP contribution >= 0.6 is 11.3 Å². The van der Waals surface area contributed by atoms with Crippen molar-refractivity contribution in [3.05, 3.63) is 92.7 Å². The van der Waals surface area contributed by atoms with Gasteiger partial charge in [-0.3, -0.25) is 15.1 Å². The molecule has 0 aliphatic heterocycles. The summed E-state index contributed by atoms with van der Waals surface area (Å²) >= 11 is 1.38. The second-order valence-electron chi connectivity index (χ2n) is 6.44. The molecule has 9 heteroatoms. The van der Waals surface area contributed by atoms with Gasteiger partial charge in [0.15, 0.2) is 0 Å². The minimum Gasteiger partial charge on any atom is -0.460 e. The van der Waals surface area contributed by atoms with Crippen molar-refractivity contribution in [1.29, 1.82) is 0 Å². The average molecular weight is 419 g/mol. The van der Waals surface area contributed by atoms with Crippen molar-refractivity contribution in [2.45, 2.75) is 13.8 Å². The summed E-state index contributed by atoms with van der Waals surface area (Å²) in [5.41, 5.74) is 2.70. The molecule has 0 atom stereocenters. The fraction of sp³-hybridized carbons (Fsp3) is 0.0952. The lowest BCUT2D eigenvalue weighted by Gasteiger charge is -2.05. The molecule has 3 aromatic heterocycles. The standard InChI is InChI=1S/C21H17N5O3S/c1-14-8-9-20(29-14)15(2)24-25-19(16-5-3-7-18(11-16)26(27)28)13-30-21(25)23-17-6-4-10-22-12-17/h3-13H,1-2H3. The topological polar surface area (TPSA) is 98.8 Å². The Bertz CT molecular complexity index is 1300. The van der Waals surface area contributed by atoms with Gasteiger partial charge in [0, 0.05) is 29.3 Å². The van der Waals surface area contributed by atoms with Crippen molar-refractivity contribution >= 4 is 28.4 Å². The van der Waals surface area contributed by atoms with E-state index in [2.05, 4.69) is 9.98 Å². The molecule has 1 aromatic carbocycles. The van der Waals surface area contributed by atoms with E-state index in [0.29, 0.717) is 33.2 Å². The molecular weight excluding hydrogens is 402 g/mol. The highest BCUT2D eigenvalue weighted by Crippen LogP contribution is 2.25. The number of non-ortho nitro benzene ring substituents is 1. The van der Waals surface area contributed by atoms with Crippen molar-refractivity contribution < 1.29 is 9.34 Å². The smallest absolute Gasteiger partial charge is 0.270 e. The van der Waals surface area contributed by atoms with Crippen LogP contribution in [0.2, 0.25) is 0 Å². The molecule has 0 saturated carbocycles. The number of aryl methyl sites for hydroxylation is 1. The Morgan fingerprint density at radius 1 is 1.23 bits per heavy atom. The molecule has 0 fully saturated rings. The number of nitro groups is 1. The van der Waals surface area contributed by atoms with Crippen LogP contribution in [0, 0.1) is 17.0 Å². The molecule has 0 aliphatic rings. The Balaban J connectivity index is 1.90. The lowest BCUT2D eigenvalue weighted by Crippen LogP contribution is -2.13. The molecule has 0 unspecified atom stereocenters. The maximum atomic E-state index is 11.2. The van der Waals surface area contributed by atoms with Crippen molar-refractivity contribution in [1.82, 2.24) is 9.66 Å². The lowest BCUT2D eigenvalue weighted by atomic mass is 10.1. The summed E-state index contributed by atoms with van der Waals surface area (Å²) < 4.78 is 7.35. The van der Waals surface area contributed by atoms with Crippen LogP contribution in [0.5, 0.6) is 0 Å². The van der Waals surface area contributed by atoms with Gasteiger partial charge in [-0.25, -0.2) is 9.67 Å². The number of hydrogen-bond acceptors (Lipinski definition) is 7. The summed E-state index contributed by atoms with van der Waals surface area (Å²) in [6.07, 6.45) is 3.33. The molecule has 0 spiro atoms. The van der Waals surface area contributed by atoms with Gasteiger partial charge in [-0.05, 0) is 38.1 Å². The van der Waals surface area contributed by atoms with Gasteiger partial charge in [0.1, 0.15) is 17.2 Å². The van der Waals surface area contributed by atoms with Gasteiger partial charge in [-0.2, -0.15) is 5.10 Å². The predicted octanol–water partition coefficient (Wildman–Crippen LogP) is 4.93. The number of thiazole rings is 1. The van der Waals surface area contributed by atoms with E-state index < -0.39 is 4.92 Å². The summed E-state index contributed by atoms with van der Waals surface area (Å²) in [6.45, 7) is 3.71. The van der Waals surface area contributed by atoms with Crippen LogP contribution in [0.25, 0.3) is 11.3 Å². The number of nitro benzene ring substituents is 1. The first-order chi connectivity index (χ1) is 14.5. The normalized spacial score (nSPS) is 12.3. The predicted molar refractivity (Wildman–Crippen MR) is 115 cm³/mol. The number of benzene rings is 1. The van der Waals surface area contributed by atoms with Crippen molar-refractivity contribution in [2.24, 2.45) is 10.1 Å². The largest absolute Gasteiger partial charge is 0.460 e. The Hall–Kier alpha value is -3.85. The van der Waals surface area contributed by atoms with Crippen LogP contribution < -0.4 is 4.80 Å². The van der Waals surface area contributed by atoms with Gasteiger partial charge >= 0.3 is 0 Å². The van der Waals surface area contributed by atoms with E-state index in [4.69, 9.17) is 9.52 Å². The number of rotatable bonds is 5. The minimum absolute atomic E-state index is 0.0124. The van der Waals surface area contributed by atoms with Gasteiger partial charge in [-0.15, -0.1) is 11.3 Å². The highest BCUT2D eigenvalue weighted by atomic mass is 32.1. The zero-order valence-corrected chi connectivity index (χ0v) is 17.0. The number of aromatic nitrogens is 2. The molecule has 0 bridgehead atoms. The van der Waals surface area contributed by atoms with E-state index >= 15 is 0 Å². The van der Waals surface area contributed by atoms with Crippen molar-refractivity contribution in [3.63, 3.8) is 0 Å². The molecule has 4 aromatic rings. The van der Waals surface area contributed by atoms with E-state index in [1.807, 2.05) is 37.4 Å². The highest BCUT2D eigenvalue weighted by molar-refractivity contribution is 7.07. The van der Waals surface area contributed by atoms with Crippen LogP contribution in [-0.4, -0.2) is 20.3 Å². The van der Waals surface area contributed by atoms with Gasteiger partial charge < -0.3 is 4.42 Å². The molecule has 0 aliphatic carbocycles. The van der Waals surface area contributed by atoms with E-state index in [9.17, 15) is 10.1 Å². The van der Waals surface area contributed by atoms with Crippen molar-refractivity contribution in [3.8, 4) is 11.3 Å². The second kappa shape index (κ2) is 8.26. The summed E-state index contributed by atoms with van der Waals surface area (Å²) in [7, 11) is 0. The fourth-order valence-electron chi connectivity index (χ4n) is 2.81. The van der Waals surface area contributed by atoms with E-state index in [1.54, 1.807) is 35.3 Å². The SMILES string of the molecule is CC(=Nn1c(-c2cccc([N+](=O)[O-])c2)csc1=Nc1cccnc1)c1ccc(C)o1. The lowest BCUT2D eigenvalue weighted by molar-refractivity contribution is -0.384. The van der Waals surface area contributed by atoms with E-state index in [1.165, 1.54) is 23.5 Å². The summed E-state index contributed by atoms with van der Waals surface area (Å²) in [4.78, 5) is 20.1. The van der Waals surface area contributed by atoms with Gasteiger partial charge in [0.2, 0.25) is 4.80 Å². The first kappa shape index (κ1) is 19.5. The van der Waals surface area contributed by atoms with Crippen LogP contribution in [-0.2, 0) is 0 Å². The number of furan rings is 1. The maximum absolute atomic E-state index is 11.2. The zero-order chi connectivity index (χ0) is 21.1. The Morgan fingerprint density at radius 2 is 2.10 bits per heavy atom. The maximum Gasteiger partial charge on any atom is 0.270 e. The number of nitrogens with zero attached hydrogens (tertiary/aromatic N) is 5. The molecule has 8 nitrogen and oxygen atoms in total.